The van der Waals surface area contributed by atoms with E-state index in [1.54, 1.807) is 0 Å². The van der Waals surface area contributed by atoms with Gasteiger partial charge in [-0.25, -0.2) is 0 Å². The number of carboxylic acids is 1. The molecular formula is C17H28O9. The molecule has 0 radical (unpaired) electrons. The third-order valence-corrected chi connectivity index (χ3v) is 4.32. The number of carbonyl (C=O) groups excluding carboxylic acids is 1. The van der Waals surface area contributed by atoms with Gasteiger partial charge in [0.25, 0.3) is 0 Å². The van der Waals surface area contributed by atoms with Crippen molar-refractivity contribution in [3.05, 3.63) is 12.7 Å². The maximum Gasteiger partial charge on any atom is 0.315 e. The number of unbranched alkanes of at least 4 members (excludes halogenated alkanes) is 3. The average Bonchev–Trinajstić information content (AvgIpc) is 2.61. The minimum atomic E-state index is -1.64. The van der Waals surface area contributed by atoms with Crippen LogP contribution in [0.4, 0.5) is 0 Å². The topological polar surface area (TPSA) is 154 Å². The Morgan fingerprint density at radius 1 is 1.08 bits per heavy atom. The highest BCUT2D eigenvalue weighted by atomic mass is 16.7. The lowest BCUT2D eigenvalue weighted by molar-refractivity contribution is -0.293. The number of hydrogen-bond acceptors (Lipinski definition) is 8. The summed E-state index contributed by atoms with van der Waals surface area (Å²) in [6.07, 6.45) is -2.75. The number of carbonyl (C=O) groups is 2. The highest BCUT2D eigenvalue weighted by Crippen LogP contribution is 2.24. The van der Waals surface area contributed by atoms with Gasteiger partial charge >= 0.3 is 11.9 Å². The second-order valence-corrected chi connectivity index (χ2v) is 6.32. The molecule has 0 spiro atoms. The summed E-state index contributed by atoms with van der Waals surface area (Å²) in [7, 11) is 0. The Balaban J connectivity index is 2.45. The lowest BCUT2D eigenvalue weighted by Gasteiger charge is -2.39. The number of aliphatic hydroxyl groups is 4. The van der Waals surface area contributed by atoms with Gasteiger partial charge in [0.05, 0.1) is 12.5 Å². The van der Waals surface area contributed by atoms with Crippen molar-refractivity contribution in [1.82, 2.24) is 0 Å². The number of rotatable bonds is 11. The van der Waals surface area contributed by atoms with Crippen LogP contribution in [0.1, 0.15) is 38.5 Å². The molecule has 26 heavy (non-hydrogen) atoms. The van der Waals surface area contributed by atoms with Crippen molar-refractivity contribution < 1.29 is 44.6 Å². The van der Waals surface area contributed by atoms with E-state index in [1.807, 2.05) is 0 Å². The predicted octanol–water partition coefficient (Wildman–Crippen LogP) is -0.443. The molecule has 1 fully saturated rings. The van der Waals surface area contributed by atoms with E-state index in [2.05, 4.69) is 6.58 Å². The number of carboxylic acid groups (broad SMARTS) is 1. The van der Waals surface area contributed by atoms with Crippen LogP contribution in [-0.4, -0.2) is 74.8 Å². The molecule has 0 saturated carbocycles. The van der Waals surface area contributed by atoms with E-state index in [-0.39, 0.29) is 6.42 Å². The van der Waals surface area contributed by atoms with Gasteiger partial charge in [-0.1, -0.05) is 25.3 Å². The highest BCUT2D eigenvalue weighted by Gasteiger charge is 2.45. The number of aliphatic carboxylic acids is 1. The first-order valence-corrected chi connectivity index (χ1v) is 8.67. The van der Waals surface area contributed by atoms with E-state index in [0.717, 1.165) is 12.8 Å². The Morgan fingerprint density at radius 3 is 2.31 bits per heavy atom. The van der Waals surface area contributed by atoms with Gasteiger partial charge in [0.2, 0.25) is 6.29 Å². The van der Waals surface area contributed by atoms with Gasteiger partial charge in [-0.3, -0.25) is 9.59 Å². The maximum atomic E-state index is 12.2. The lowest BCUT2D eigenvalue weighted by Crippen LogP contribution is -2.59. The maximum absolute atomic E-state index is 12.2. The Hall–Kier alpha value is -1.52. The molecule has 6 atom stereocenters. The van der Waals surface area contributed by atoms with Gasteiger partial charge in [0.1, 0.15) is 24.4 Å². The fraction of sp³-hybridized carbons (Fsp3) is 0.765. The van der Waals surface area contributed by atoms with E-state index in [4.69, 9.17) is 19.7 Å². The first-order valence-electron chi connectivity index (χ1n) is 8.67. The van der Waals surface area contributed by atoms with Crippen LogP contribution in [0.5, 0.6) is 0 Å². The summed E-state index contributed by atoms with van der Waals surface area (Å²) in [5.41, 5.74) is 0. The zero-order valence-electron chi connectivity index (χ0n) is 14.6. The second-order valence-electron chi connectivity index (χ2n) is 6.32. The SMILES string of the molecule is C=CC(CCCCCCC(=O)O)C(=O)OC1O[C@H](CO)[C@H](O)[C@H](O)[C@H]1O. The summed E-state index contributed by atoms with van der Waals surface area (Å²) in [4.78, 5) is 22.6. The van der Waals surface area contributed by atoms with Crippen LogP contribution in [-0.2, 0) is 19.1 Å². The largest absolute Gasteiger partial charge is 0.481 e. The molecule has 1 saturated heterocycles. The minimum absolute atomic E-state index is 0.115. The van der Waals surface area contributed by atoms with E-state index in [1.165, 1.54) is 6.08 Å². The standard InChI is InChI=1S/C17H28O9/c1-2-10(7-5-3-4-6-8-12(19)20)16(24)26-17-15(23)14(22)13(21)11(9-18)25-17/h2,10-11,13-15,17-18,21-23H,1,3-9H2,(H,19,20)/t10?,11-,13+,14+,15-,17?/m1/s1. The van der Waals surface area contributed by atoms with Crippen molar-refractivity contribution in [3.63, 3.8) is 0 Å². The molecule has 0 aromatic carbocycles. The Morgan fingerprint density at radius 2 is 1.73 bits per heavy atom. The van der Waals surface area contributed by atoms with E-state index >= 15 is 0 Å². The molecule has 1 heterocycles. The van der Waals surface area contributed by atoms with Crippen LogP contribution >= 0.6 is 0 Å². The Kier molecular flexibility index (Phi) is 9.74. The van der Waals surface area contributed by atoms with E-state index < -0.39 is 55.2 Å². The van der Waals surface area contributed by atoms with Crippen molar-refractivity contribution in [1.29, 1.82) is 0 Å². The van der Waals surface area contributed by atoms with Crippen molar-refractivity contribution in [2.24, 2.45) is 5.92 Å². The van der Waals surface area contributed by atoms with Crippen LogP contribution in [0.15, 0.2) is 12.7 Å². The monoisotopic (exact) mass is 376 g/mol. The molecule has 150 valence electrons. The van der Waals surface area contributed by atoms with Crippen molar-refractivity contribution in [2.75, 3.05) is 6.61 Å². The fourth-order valence-corrected chi connectivity index (χ4v) is 2.69. The Bertz CT molecular complexity index is 465. The number of esters is 1. The molecule has 0 aliphatic carbocycles. The summed E-state index contributed by atoms with van der Waals surface area (Å²) in [6, 6.07) is 0. The molecule has 9 nitrogen and oxygen atoms in total. The third-order valence-electron chi connectivity index (χ3n) is 4.32. The molecule has 0 aromatic rings. The predicted molar refractivity (Wildman–Crippen MR) is 88.9 cm³/mol. The summed E-state index contributed by atoms with van der Waals surface area (Å²) in [6.45, 7) is 2.97. The average molecular weight is 376 g/mol. The molecule has 1 aliphatic rings. The molecule has 1 rings (SSSR count). The summed E-state index contributed by atoms with van der Waals surface area (Å²) in [5, 5.41) is 47.0. The smallest absolute Gasteiger partial charge is 0.315 e. The van der Waals surface area contributed by atoms with Crippen molar-refractivity contribution in [3.8, 4) is 0 Å². The van der Waals surface area contributed by atoms with Gasteiger partial charge in [-0.05, 0) is 12.8 Å². The molecule has 5 N–H and O–H groups in total. The van der Waals surface area contributed by atoms with E-state index in [0.29, 0.717) is 19.3 Å². The van der Waals surface area contributed by atoms with Gasteiger partial charge in [-0.2, -0.15) is 0 Å². The highest BCUT2D eigenvalue weighted by molar-refractivity contribution is 5.74. The van der Waals surface area contributed by atoms with Gasteiger partial charge < -0.3 is 35.0 Å². The van der Waals surface area contributed by atoms with Gasteiger partial charge in [0.15, 0.2) is 0 Å². The van der Waals surface area contributed by atoms with Crippen molar-refractivity contribution in [2.45, 2.75) is 69.2 Å². The number of aliphatic hydroxyl groups excluding tert-OH is 4. The molecular weight excluding hydrogens is 348 g/mol. The zero-order valence-corrected chi connectivity index (χ0v) is 14.6. The van der Waals surface area contributed by atoms with Crippen LogP contribution < -0.4 is 0 Å². The number of hydrogen-bond donors (Lipinski definition) is 5. The fourth-order valence-electron chi connectivity index (χ4n) is 2.69. The Labute approximate surface area is 151 Å². The molecule has 0 amide bonds. The quantitative estimate of drug-likeness (QED) is 0.183. The number of ether oxygens (including phenoxy) is 2. The van der Waals surface area contributed by atoms with E-state index in [9.17, 15) is 24.9 Å². The molecule has 9 heteroatoms. The normalized spacial score (nSPS) is 29.8. The first-order chi connectivity index (χ1) is 12.3. The van der Waals surface area contributed by atoms with Crippen molar-refractivity contribution >= 4 is 11.9 Å². The molecule has 1 aliphatic heterocycles. The molecule has 0 aromatic heterocycles. The second kappa shape index (κ2) is 11.2. The van der Waals surface area contributed by atoms with Crippen LogP contribution in [0.2, 0.25) is 0 Å². The minimum Gasteiger partial charge on any atom is -0.481 e. The summed E-state index contributed by atoms with van der Waals surface area (Å²) < 4.78 is 10.2. The summed E-state index contributed by atoms with van der Waals surface area (Å²) >= 11 is 0. The van der Waals surface area contributed by atoms with Crippen LogP contribution in [0.3, 0.4) is 0 Å². The molecule has 2 unspecified atom stereocenters. The summed E-state index contributed by atoms with van der Waals surface area (Å²) in [5.74, 6) is -2.19. The van der Waals surface area contributed by atoms with Gasteiger partial charge in [0, 0.05) is 6.42 Å². The lowest BCUT2D eigenvalue weighted by atomic mass is 9.98. The van der Waals surface area contributed by atoms with Gasteiger partial charge in [-0.15, -0.1) is 6.58 Å². The first kappa shape index (κ1) is 22.5. The zero-order chi connectivity index (χ0) is 19.7. The molecule has 0 bridgehead atoms. The van der Waals surface area contributed by atoms with Crippen LogP contribution in [0, 0.1) is 5.92 Å². The van der Waals surface area contributed by atoms with Crippen LogP contribution in [0.25, 0.3) is 0 Å². The third kappa shape index (κ3) is 6.65.